The number of unbranched alkanes of at least 4 members (excludes halogenated alkanes) is 5. The molecule has 0 aliphatic heterocycles. The van der Waals surface area contributed by atoms with Crippen LogP contribution in [0.2, 0.25) is 0 Å². The van der Waals surface area contributed by atoms with Crippen molar-refractivity contribution in [1.29, 1.82) is 0 Å². The first-order valence-electron chi connectivity index (χ1n) is 6.39. The normalized spacial score (nSPS) is 12.5. The monoisotopic (exact) mass is 214 g/mol. The van der Waals surface area contributed by atoms with Crippen molar-refractivity contribution in [2.24, 2.45) is 5.92 Å². The number of hydrogen-bond donors (Lipinski definition) is 0. The number of esters is 1. The van der Waals surface area contributed by atoms with Crippen LogP contribution in [0.15, 0.2) is 0 Å². The summed E-state index contributed by atoms with van der Waals surface area (Å²) in [6.07, 6.45) is 8.27. The molecule has 0 heterocycles. The minimum absolute atomic E-state index is 0.0361. The van der Waals surface area contributed by atoms with Gasteiger partial charge < -0.3 is 4.74 Å². The van der Waals surface area contributed by atoms with Crippen molar-refractivity contribution in [2.75, 3.05) is 6.61 Å². The molecule has 0 bridgehead atoms. The minimum atomic E-state index is -0.0361. The van der Waals surface area contributed by atoms with Gasteiger partial charge in [-0.25, -0.2) is 0 Å². The zero-order chi connectivity index (χ0) is 11.5. The van der Waals surface area contributed by atoms with Gasteiger partial charge in [-0.15, -0.1) is 0 Å². The number of carbonyl (C=O) groups excluding carboxylic acids is 1. The highest BCUT2D eigenvalue weighted by atomic mass is 16.5. The van der Waals surface area contributed by atoms with E-state index in [1.165, 1.54) is 32.1 Å². The van der Waals surface area contributed by atoms with E-state index in [9.17, 15) is 4.79 Å². The molecule has 0 aliphatic carbocycles. The third-order valence-electron chi connectivity index (χ3n) is 2.76. The maximum absolute atomic E-state index is 11.3. The molecule has 2 nitrogen and oxygen atoms in total. The highest BCUT2D eigenvalue weighted by Gasteiger charge is 2.10. The van der Waals surface area contributed by atoms with Gasteiger partial charge in [0.05, 0.1) is 12.5 Å². The van der Waals surface area contributed by atoms with Crippen molar-refractivity contribution < 1.29 is 9.53 Å². The number of hydrogen-bond acceptors (Lipinski definition) is 2. The quantitative estimate of drug-likeness (QED) is 0.429. The summed E-state index contributed by atoms with van der Waals surface area (Å²) in [5.74, 6) is 0.0242. The minimum Gasteiger partial charge on any atom is -0.465 e. The molecule has 1 unspecified atom stereocenters. The van der Waals surface area contributed by atoms with Crippen LogP contribution in [-0.4, -0.2) is 12.6 Å². The second-order valence-electron chi connectivity index (χ2n) is 4.24. The van der Waals surface area contributed by atoms with Crippen molar-refractivity contribution >= 4 is 5.97 Å². The molecule has 2 heteroatoms. The van der Waals surface area contributed by atoms with E-state index in [1.54, 1.807) is 0 Å². The molecule has 0 rings (SSSR count). The van der Waals surface area contributed by atoms with Gasteiger partial charge in [0, 0.05) is 0 Å². The molecule has 1 atom stereocenters. The number of carbonyl (C=O) groups is 1. The van der Waals surface area contributed by atoms with Gasteiger partial charge in [-0.2, -0.15) is 0 Å². The van der Waals surface area contributed by atoms with Crippen LogP contribution in [0.3, 0.4) is 0 Å². The predicted octanol–water partition coefficient (Wildman–Crippen LogP) is 3.94. The summed E-state index contributed by atoms with van der Waals surface area (Å²) >= 11 is 0. The summed E-state index contributed by atoms with van der Waals surface area (Å²) in [7, 11) is 0. The Balaban J connectivity index is 3.20. The molecule has 0 aromatic rings. The molecule has 0 saturated carbocycles. The molecule has 0 amide bonds. The van der Waals surface area contributed by atoms with E-state index < -0.39 is 0 Å². The average Bonchev–Trinajstić information content (AvgIpc) is 2.26. The lowest BCUT2D eigenvalue weighted by Crippen LogP contribution is -2.14. The lowest BCUT2D eigenvalue weighted by Gasteiger charge is -2.08. The Morgan fingerprint density at radius 3 is 2.27 bits per heavy atom. The molecule has 0 fully saturated rings. The van der Waals surface area contributed by atoms with Gasteiger partial charge in [-0.05, 0) is 12.8 Å². The van der Waals surface area contributed by atoms with E-state index >= 15 is 0 Å². The summed E-state index contributed by atoms with van der Waals surface area (Å²) in [5.41, 5.74) is 0. The molecule has 15 heavy (non-hydrogen) atoms. The van der Waals surface area contributed by atoms with Crippen LogP contribution in [0.25, 0.3) is 0 Å². The summed E-state index contributed by atoms with van der Waals surface area (Å²) in [6.45, 7) is 6.75. The Morgan fingerprint density at radius 1 is 1.07 bits per heavy atom. The molecule has 0 aromatic carbocycles. The second-order valence-corrected chi connectivity index (χ2v) is 4.24. The van der Waals surface area contributed by atoms with E-state index in [0.717, 1.165) is 12.8 Å². The zero-order valence-electron chi connectivity index (χ0n) is 10.6. The fraction of sp³-hybridized carbons (Fsp3) is 0.923. The maximum Gasteiger partial charge on any atom is 0.308 e. The molecule has 90 valence electrons. The number of rotatable bonds is 9. The average molecular weight is 214 g/mol. The molecule has 0 aromatic heterocycles. The standard InChI is InChI=1S/C13H26O2/c1-4-6-7-8-9-10-11-15-13(14)12(3)5-2/h12H,4-11H2,1-3H3. The van der Waals surface area contributed by atoms with Crippen molar-refractivity contribution in [1.82, 2.24) is 0 Å². The molecule has 0 spiro atoms. The fourth-order valence-corrected chi connectivity index (χ4v) is 1.36. The van der Waals surface area contributed by atoms with Crippen LogP contribution in [0.5, 0.6) is 0 Å². The summed E-state index contributed by atoms with van der Waals surface area (Å²) in [5, 5.41) is 0. The van der Waals surface area contributed by atoms with Crippen LogP contribution in [-0.2, 0) is 9.53 Å². The molecule has 0 radical (unpaired) electrons. The first-order chi connectivity index (χ1) is 7.22. The van der Waals surface area contributed by atoms with Crippen LogP contribution in [0.4, 0.5) is 0 Å². The van der Waals surface area contributed by atoms with Gasteiger partial charge in [0.15, 0.2) is 0 Å². The van der Waals surface area contributed by atoms with E-state index in [-0.39, 0.29) is 11.9 Å². The van der Waals surface area contributed by atoms with Crippen molar-refractivity contribution in [3.63, 3.8) is 0 Å². The van der Waals surface area contributed by atoms with Crippen LogP contribution in [0.1, 0.15) is 65.7 Å². The zero-order valence-corrected chi connectivity index (χ0v) is 10.6. The van der Waals surface area contributed by atoms with Gasteiger partial charge in [-0.1, -0.05) is 52.9 Å². The van der Waals surface area contributed by atoms with Crippen LogP contribution >= 0.6 is 0 Å². The topological polar surface area (TPSA) is 26.3 Å². The van der Waals surface area contributed by atoms with Gasteiger partial charge in [0.25, 0.3) is 0 Å². The molecule has 0 N–H and O–H groups in total. The van der Waals surface area contributed by atoms with E-state index in [0.29, 0.717) is 6.61 Å². The third kappa shape index (κ3) is 8.46. The van der Waals surface area contributed by atoms with Crippen molar-refractivity contribution in [3.05, 3.63) is 0 Å². The highest BCUT2D eigenvalue weighted by molar-refractivity contribution is 5.71. The van der Waals surface area contributed by atoms with Gasteiger partial charge in [-0.3, -0.25) is 4.79 Å². The van der Waals surface area contributed by atoms with Gasteiger partial charge in [0.1, 0.15) is 0 Å². The third-order valence-corrected chi connectivity index (χ3v) is 2.76. The van der Waals surface area contributed by atoms with Crippen molar-refractivity contribution in [3.8, 4) is 0 Å². The first kappa shape index (κ1) is 14.5. The van der Waals surface area contributed by atoms with E-state index in [4.69, 9.17) is 4.74 Å². The summed E-state index contributed by atoms with van der Waals surface area (Å²) in [6, 6.07) is 0. The van der Waals surface area contributed by atoms with Gasteiger partial charge >= 0.3 is 5.97 Å². The fourth-order valence-electron chi connectivity index (χ4n) is 1.36. The largest absolute Gasteiger partial charge is 0.465 e. The van der Waals surface area contributed by atoms with Crippen LogP contribution in [0, 0.1) is 5.92 Å². The lowest BCUT2D eigenvalue weighted by atomic mass is 10.1. The van der Waals surface area contributed by atoms with Crippen LogP contribution < -0.4 is 0 Å². The maximum atomic E-state index is 11.3. The smallest absolute Gasteiger partial charge is 0.308 e. The molecular formula is C13H26O2. The Bertz CT molecular complexity index is 155. The second kappa shape index (κ2) is 10.0. The Morgan fingerprint density at radius 2 is 1.67 bits per heavy atom. The summed E-state index contributed by atoms with van der Waals surface area (Å²) in [4.78, 5) is 11.3. The lowest BCUT2D eigenvalue weighted by molar-refractivity contribution is -0.148. The predicted molar refractivity (Wildman–Crippen MR) is 63.8 cm³/mol. The first-order valence-corrected chi connectivity index (χ1v) is 6.39. The number of ether oxygens (including phenoxy) is 1. The molecule has 0 aliphatic rings. The van der Waals surface area contributed by atoms with Crippen molar-refractivity contribution in [2.45, 2.75) is 65.7 Å². The highest BCUT2D eigenvalue weighted by Crippen LogP contribution is 2.07. The molecule has 0 saturated heterocycles. The van der Waals surface area contributed by atoms with E-state index in [2.05, 4.69) is 6.92 Å². The SMILES string of the molecule is CCCCCCCCOC(=O)C(C)CC. The van der Waals surface area contributed by atoms with E-state index in [1.807, 2.05) is 13.8 Å². The Labute approximate surface area is 94.4 Å². The Kier molecular flexibility index (Phi) is 9.65. The Hall–Kier alpha value is -0.530. The summed E-state index contributed by atoms with van der Waals surface area (Å²) < 4.78 is 5.16. The van der Waals surface area contributed by atoms with Gasteiger partial charge in [0.2, 0.25) is 0 Å². The molecular weight excluding hydrogens is 188 g/mol.